The lowest BCUT2D eigenvalue weighted by molar-refractivity contribution is -0.181. The number of benzene rings is 1. The topological polar surface area (TPSA) is 60.0 Å². The van der Waals surface area contributed by atoms with Gasteiger partial charge in [0.05, 0.1) is 19.8 Å². The van der Waals surface area contributed by atoms with Crippen molar-refractivity contribution in [3.05, 3.63) is 29.8 Å². The van der Waals surface area contributed by atoms with Crippen LogP contribution in [-0.4, -0.2) is 56.2 Å². The van der Waals surface area contributed by atoms with E-state index in [2.05, 4.69) is 5.32 Å². The first-order valence-electron chi connectivity index (χ1n) is 7.97. The maximum Gasteiger partial charge on any atom is 0.317 e. The second kappa shape index (κ2) is 7.31. The highest BCUT2D eigenvalue weighted by molar-refractivity contribution is 5.74. The maximum atomic E-state index is 13.0. The first-order valence-corrected chi connectivity index (χ1v) is 7.97. The highest BCUT2D eigenvalue weighted by Gasteiger charge is 2.40. The number of rotatable bonds is 4. The van der Waals surface area contributed by atoms with Crippen LogP contribution in [0.4, 0.5) is 13.6 Å². The fourth-order valence-corrected chi connectivity index (χ4v) is 2.84. The predicted octanol–water partition coefficient (Wildman–Crippen LogP) is 1.89. The number of ether oxygens (including phenoxy) is 3. The number of amides is 2. The Kier molecular flexibility index (Phi) is 5.15. The van der Waals surface area contributed by atoms with Crippen LogP contribution in [0.2, 0.25) is 0 Å². The lowest BCUT2D eigenvalue weighted by Gasteiger charge is -2.37. The molecule has 24 heavy (non-hydrogen) atoms. The summed E-state index contributed by atoms with van der Waals surface area (Å²) in [6.45, 7) is 2.78. The van der Waals surface area contributed by atoms with Gasteiger partial charge in [0.25, 0.3) is 0 Å². The fourth-order valence-electron chi connectivity index (χ4n) is 2.84. The van der Waals surface area contributed by atoms with Gasteiger partial charge in [-0.1, -0.05) is 0 Å². The summed E-state index contributed by atoms with van der Waals surface area (Å²) >= 11 is 0. The summed E-state index contributed by atoms with van der Waals surface area (Å²) in [7, 11) is 0. The van der Waals surface area contributed by atoms with Crippen LogP contribution in [0.15, 0.2) is 18.2 Å². The van der Waals surface area contributed by atoms with E-state index in [1.54, 1.807) is 4.90 Å². The molecule has 0 radical (unpaired) electrons. The molecule has 2 amide bonds. The third-order valence-electron chi connectivity index (χ3n) is 4.16. The van der Waals surface area contributed by atoms with Crippen molar-refractivity contribution in [3.63, 3.8) is 0 Å². The van der Waals surface area contributed by atoms with Gasteiger partial charge >= 0.3 is 6.03 Å². The number of carbonyl (C=O) groups is 1. The van der Waals surface area contributed by atoms with Crippen molar-refractivity contribution in [1.82, 2.24) is 10.2 Å². The van der Waals surface area contributed by atoms with Crippen molar-refractivity contribution in [2.45, 2.75) is 18.6 Å². The van der Waals surface area contributed by atoms with Gasteiger partial charge in [0.2, 0.25) is 0 Å². The van der Waals surface area contributed by atoms with E-state index in [4.69, 9.17) is 14.2 Å². The summed E-state index contributed by atoms with van der Waals surface area (Å²) in [6.07, 6.45) is 1.32. The molecule has 6 nitrogen and oxygen atoms in total. The number of nitrogens with one attached hydrogen (secondary N) is 1. The van der Waals surface area contributed by atoms with Gasteiger partial charge in [-0.25, -0.2) is 13.6 Å². The molecule has 1 spiro atoms. The Bertz CT molecular complexity index is 583. The normalized spacial score (nSPS) is 19.5. The molecule has 8 heteroatoms. The average Bonchev–Trinajstić information content (AvgIpc) is 3.03. The van der Waals surface area contributed by atoms with Crippen molar-refractivity contribution in [2.24, 2.45) is 0 Å². The van der Waals surface area contributed by atoms with Crippen molar-refractivity contribution in [1.29, 1.82) is 0 Å². The molecule has 0 aromatic heterocycles. The average molecular weight is 342 g/mol. The number of hydrogen-bond donors (Lipinski definition) is 1. The highest BCUT2D eigenvalue weighted by Crippen LogP contribution is 2.31. The van der Waals surface area contributed by atoms with E-state index in [1.165, 1.54) is 6.07 Å². The van der Waals surface area contributed by atoms with Crippen LogP contribution >= 0.6 is 0 Å². The first-order chi connectivity index (χ1) is 11.6. The van der Waals surface area contributed by atoms with Crippen LogP contribution in [0.3, 0.4) is 0 Å². The first kappa shape index (κ1) is 16.9. The number of piperidine rings is 1. The zero-order valence-electron chi connectivity index (χ0n) is 13.2. The molecule has 2 aliphatic rings. The summed E-state index contributed by atoms with van der Waals surface area (Å²) in [5, 5.41) is 2.74. The van der Waals surface area contributed by atoms with Gasteiger partial charge in [0, 0.05) is 32.0 Å². The summed E-state index contributed by atoms with van der Waals surface area (Å²) in [4.78, 5) is 13.8. The van der Waals surface area contributed by atoms with Gasteiger partial charge in [-0.3, -0.25) is 0 Å². The monoisotopic (exact) mass is 342 g/mol. The molecule has 1 N–H and O–H groups in total. The van der Waals surface area contributed by atoms with Crippen molar-refractivity contribution >= 4 is 6.03 Å². The fraction of sp³-hybridized carbons (Fsp3) is 0.562. The molecular formula is C16H20F2N2O4. The van der Waals surface area contributed by atoms with Crippen molar-refractivity contribution < 1.29 is 27.8 Å². The molecule has 0 bridgehead atoms. The molecular weight excluding hydrogens is 322 g/mol. The van der Waals surface area contributed by atoms with Gasteiger partial charge in [-0.15, -0.1) is 0 Å². The Balaban J connectivity index is 1.36. The Morgan fingerprint density at radius 1 is 1.21 bits per heavy atom. The minimum atomic E-state index is -0.963. The molecule has 2 aliphatic heterocycles. The zero-order valence-corrected chi connectivity index (χ0v) is 13.2. The largest absolute Gasteiger partial charge is 0.492 e. The molecule has 0 unspecified atom stereocenters. The van der Waals surface area contributed by atoms with E-state index in [-0.39, 0.29) is 24.9 Å². The molecule has 0 aliphatic carbocycles. The molecule has 1 aromatic rings. The van der Waals surface area contributed by atoms with Gasteiger partial charge < -0.3 is 24.4 Å². The number of halogens is 2. The number of carbonyl (C=O) groups excluding carboxylic acids is 1. The van der Waals surface area contributed by atoms with E-state index in [0.29, 0.717) is 39.1 Å². The molecule has 2 heterocycles. The van der Waals surface area contributed by atoms with Gasteiger partial charge in [0.15, 0.2) is 17.4 Å². The second-order valence-corrected chi connectivity index (χ2v) is 5.75. The number of nitrogens with zero attached hydrogens (tertiary/aromatic N) is 1. The van der Waals surface area contributed by atoms with Gasteiger partial charge in [-0.05, 0) is 12.1 Å². The Hall–Kier alpha value is -1.93. The third kappa shape index (κ3) is 3.93. The highest BCUT2D eigenvalue weighted by atomic mass is 19.2. The zero-order chi connectivity index (χ0) is 17.0. The summed E-state index contributed by atoms with van der Waals surface area (Å²) in [5.41, 5.74) is 0. The van der Waals surface area contributed by atoms with Crippen LogP contribution < -0.4 is 10.1 Å². The molecule has 132 valence electrons. The molecule has 3 rings (SSSR count). The number of likely N-dealkylation sites (tertiary alicyclic amines) is 1. The molecule has 1 aromatic carbocycles. The molecule has 2 fully saturated rings. The summed E-state index contributed by atoms with van der Waals surface area (Å²) in [6, 6.07) is 3.13. The predicted molar refractivity (Wildman–Crippen MR) is 80.7 cm³/mol. The SMILES string of the molecule is O=C(NCCOc1ccc(F)c(F)c1)N1CCC2(CC1)OCCO2. The minimum absolute atomic E-state index is 0.167. The summed E-state index contributed by atoms with van der Waals surface area (Å²) in [5.74, 6) is -2.17. The van der Waals surface area contributed by atoms with Crippen molar-refractivity contribution in [3.8, 4) is 5.75 Å². The van der Waals surface area contributed by atoms with E-state index < -0.39 is 17.4 Å². The van der Waals surface area contributed by atoms with Crippen LogP contribution in [-0.2, 0) is 9.47 Å². The van der Waals surface area contributed by atoms with Crippen molar-refractivity contribution in [2.75, 3.05) is 39.5 Å². The lowest BCUT2D eigenvalue weighted by atomic mass is 10.0. The van der Waals surface area contributed by atoms with Crippen LogP contribution in [0.25, 0.3) is 0 Å². The molecule has 2 saturated heterocycles. The second-order valence-electron chi connectivity index (χ2n) is 5.75. The van der Waals surface area contributed by atoms with Crippen LogP contribution in [0, 0.1) is 11.6 Å². The Labute approximate surface area is 138 Å². The Morgan fingerprint density at radius 2 is 1.92 bits per heavy atom. The van der Waals surface area contributed by atoms with Gasteiger partial charge in [0.1, 0.15) is 12.4 Å². The molecule has 0 saturated carbocycles. The quantitative estimate of drug-likeness (QED) is 0.849. The van der Waals surface area contributed by atoms with Crippen LogP contribution in [0.1, 0.15) is 12.8 Å². The number of hydrogen-bond acceptors (Lipinski definition) is 4. The number of urea groups is 1. The van der Waals surface area contributed by atoms with Crippen LogP contribution in [0.5, 0.6) is 5.75 Å². The van der Waals surface area contributed by atoms with E-state index in [9.17, 15) is 13.6 Å². The van der Waals surface area contributed by atoms with E-state index >= 15 is 0 Å². The third-order valence-corrected chi connectivity index (χ3v) is 4.16. The standard InChI is InChI=1S/C16H20F2N2O4/c17-13-2-1-12(11-14(13)18)22-8-5-19-15(21)20-6-3-16(4-7-20)23-9-10-24-16/h1-2,11H,3-10H2,(H,19,21). The molecule has 0 atom stereocenters. The minimum Gasteiger partial charge on any atom is -0.492 e. The summed E-state index contributed by atoms with van der Waals surface area (Å²) < 4.78 is 42.3. The lowest BCUT2D eigenvalue weighted by Crippen LogP contribution is -2.50. The Morgan fingerprint density at radius 3 is 2.58 bits per heavy atom. The smallest absolute Gasteiger partial charge is 0.317 e. The van der Waals surface area contributed by atoms with Gasteiger partial charge in [-0.2, -0.15) is 0 Å². The van der Waals surface area contributed by atoms with E-state index in [1.807, 2.05) is 0 Å². The maximum absolute atomic E-state index is 13.0. The van der Waals surface area contributed by atoms with E-state index in [0.717, 1.165) is 12.1 Å².